The number of nitrogens with zero attached hydrogens (tertiary/aromatic N) is 1. The Morgan fingerprint density at radius 2 is 1.83 bits per heavy atom. The molecule has 0 aromatic rings. The van der Waals surface area contributed by atoms with Gasteiger partial charge in [-0.25, -0.2) is 0 Å². The van der Waals surface area contributed by atoms with Crippen molar-refractivity contribution in [1.29, 1.82) is 0 Å². The van der Waals surface area contributed by atoms with Crippen LogP contribution in [0.2, 0.25) is 0 Å². The van der Waals surface area contributed by atoms with E-state index in [0.29, 0.717) is 0 Å². The molecule has 2 heteroatoms. The van der Waals surface area contributed by atoms with Crippen LogP contribution in [0.5, 0.6) is 0 Å². The van der Waals surface area contributed by atoms with Crippen LogP contribution in [0.1, 0.15) is 58.8 Å². The zero-order valence-electron chi connectivity index (χ0n) is 12.2. The van der Waals surface area contributed by atoms with E-state index in [-0.39, 0.29) is 0 Å². The predicted molar refractivity (Wildman–Crippen MR) is 76.7 cm³/mol. The average Bonchev–Trinajstić information content (AvgIpc) is 3.00. The van der Waals surface area contributed by atoms with Crippen molar-refractivity contribution in [3.05, 3.63) is 0 Å². The molecule has 2 aliphatic heterocycles. The summed E-state index contributed by atoms with van der Waals surface area (Å²) in [5.74, 6) is 1.87. The van der Waals surface area contributed by atoms with Crippen molar-refractivity contribution in [3.63, 3.8) is 0 Å². The van der Waals surface area contributed by atoms with E-state index in [0.717, 1.165) is 30.0 Å². The summed E-state index contributed by atoms with van der Waals surface area (Å²) in [5.41, 5.74) is 0. The van der Waals surface area contributed by atoms with Gasteiger partial charge in [0.2, 0.25) is 0 Å². The average molecular weight is 250 g/mol. The third-order valence-electron chi connectivity index (χ3n) is 5.75. The van der Waals surface area contributed by atoms with Crippen molar-refractivity contribution in [2.45, 2.75) is 76.9 Å². The van der Waals surface area contributed by atoms with E-state index in [1.54, 1.807) is 0 Å². The Kier molecular flexibility index (Phi) is 3.95. The normalized spacial score (nSPS) is 46.7. The fourth-order valence-corrected chi connectivity index (χ4v) is 4.66. The van der Waals surface area contributed by atoms with Crippen molar-refractivity contribution >= 4 is 0 Å². The molecule has 104 valence electrons. The molecule has 5 unspecified atom stereocenters. The monoisotopic (exact) mass is 250 g/mol. The Labute approximate surface area is 113 Å². The molecule has 5 atom stereocenters. The van der Waals surface area contributed by atoms with E-state index in [1.165, 1.54) is 58.0 Å². The van der Waals surface area contributed by atoms with E-state index < -0.39 is 0 Å². The van der Waals surface area contributed by atoms with Crippen LogP contribution in [0, 0.1) is 11.8 Å². The summed E-state index contributed by atoms with van der Waals surface area (Å²) in [5, 5.41) is 3.75. The molecule has 0 aromatic carbocycles. The van der Waals surface area contributed by atoms with Crippen molar-refractivity contribution < 1.29 is 0 Å². The lowest BCUT2D eigenvalue weighted by Crippen LogP contribution is -2.51. The van der Waals surface area contributed by atoms with Crippen LogP contribution >= 0.6 is 0 Å². The van der Waals surface area contributed by atoms with Gasteiger partial charge >= 0.3 is 0 Å². The summed E-state index contributed by atoms with van der Waals surface area (Å²) in [7, 11) is 0. The Morgan fingerprint density at radius 1 is 0.944 bits per heavy atom. The number of hydrogen-bond donors (Lipinski definition) is 1. The van der Waals surface area contributed by atoms with E-state index in [2.05, 4.69) is 24.1 Å². The van der Waals surface area contributed by atoms with Gasteiger partial charge in [-0.2, -0.15) is 0 Å². The molecule has 3 aliphatic rings. The van der Waals surface area contributed by atoms with Gasteiger partial charge in [-0.15, -0.1) is 0 Å². The highest BCUT2D eigenvalue weighted by molar-refractivity contribution is 4.97. The molecule has 3 fully saturated rings. The Bertz CT molecular complexity index is 272. The summed E-state index contributed by atoms with van der Waals surface area (Å²) in [6.45, 7) is 7.57. The lowest BCUT2D eigenvalue weighted by molar-refractivity contribution is 0.0679. The van der Waals surface area contributed by atoms with Gasteiger partial charge in [-0.1, -0.05) is 20.3 Å². The molecular weight excluding hydrogens is 220 g/mol. The maximum absolute atomic E-state index is 3.75. The zero-order chi connectivity index (χ0) is 12.5. The fourth-order valence-electron chi connectivity index (χ4n) is 4.66. The lowest BCUT2D eigenvalue weighted by Gasteiger charge is -2.43. The number of hydrogen-bond acceptors (Lipinski definition) is 2. The van der Waals surface area contributed by atoms with Crippen LogP contribution in [-0.2, 0) is 0 Å². The van der Waals surface area contributed by atoms with Crippen molar-refractivity contribution in [3.8, 4) is 0 Å². The molecular formula is C16H30N2. The largest absolute Gasteiger partial charge is 0.312 e. The minimum Gasteiger partial charge on any atom is -0.312 e. The van der Waals surface area contributed by atoms with Crippen LogP contribution in [0.4, 0.5) is 0 Å². The van der Waals surface area contributed by atoms with Gasteiger partial charge in [0.25, 0.3) is 0 Å². The minimum absolute atomic E-state index is 0.803. The van der Waals surface area contributed by atoms with E-state index in [9.17, 15) is 0 Å². The lowest BCUT2D eigenvalue weighted by atomic mass is 9.79. The molecule has 0 amide bonds. The fraction of sp³-hybridized carbons (Fsp3) is 1.00. The Morgan fingerprint density at radius 3 is 2.61 bits per heavy atom. The summed E-state index contributed by atoms with van der Waals surface area (Å²) in [6.07, 6.45) is 10.0. The van der Waals surface area contributed by atoms with Crippen LogP contribution < -0.4 is 5.32 Å². The van der Waals surface area contributed by atoms with E-state index >= 15 is 0 Å². The van der Waals surface area contributed by atoms with Gasteiger partial charge in [-0.3, -0.25) is 4.90 Å². The number of nitrogens with one attached hydrogen (secondary N) is 1. The van der Waals surface area contributed by atoms with E-state index in [4.69, 9.17) is 0 Å². The molecule has 3 rings (SSSR count). The van der Waals surface area contributed by atoms with Crippen LogP contribution in [0.25, 0.3) is 0 Å². The molecule has 0 bridgehead atoms. The van der Waals surface area contributed by atoms with Gasteiger partial charge in [0.05, 0.1) is 0 Å². The quantitative estimate of drug-likeness (QED) is 0.810. The standard InChI is InChI=1S/C16H30N2/c1-12-7-8-13(2)16(11-12)18-10-4-6-15(18)14-5-3-9-17-14/h12-17H,3-11H2,1-2H3. The highest BCUT2D eigenvalue weighted by atomic mass is 15.2. The van der Waals surface area contributed by atoms with Crippen LogP contribution in [0.15, 0.2) is 0 Å². The Balaban J connectivity index is 1.69. The first-order valence-corrected chi connectivity index (χ1v) is 8.25. The third kappa shape index (κ3) is 2.46. The summed E-state index contributed by atoms with van der Waals surface area (Å²) in [4.78, 5) is 2.91. The molecule has 18 heavy (non-hydrogen) atoms. The number of rotatable bonds is 2. The second kappa shape index (κ2) is 5.50. The third-order valence-corrected chi connectivity index (χ3v) is 5.75. The zero-order valence-corrected chi connectivity index (χ0v) is 12.2. The van der Waals surface area contributed by atoms with E-state index in [1.807, 2.05) is 0 Å². The molecule has 0 spiro atoms. The first-order valence-electron chi connectivity index (χ1n) is 8.25. The van der Waals surface area contributed by atoms with Crippen LogP contribution in [0.3, 0.4) is 0 Å². The smallest absolute Gasteiger partial charge is 0.0252 e. The van der Waals surface area contributed by atoms with Crippen LogP contribution in [-0.4, -0.2) is 36.1 Å². The predicted octanol–water partition coefficient (Wildman–Crippen LogP) is 3.03. The summed E-state index contributed by atoms with van der Waals surface area (Å²) in [6, 6.07) is 2.53. The molecule has 0 radical (unpaired) electrons. The van der Waals surface area contributed by atoms with Gasteiger partial charge in [0.15, 0.2) is 0 Å². The summed E-state index contributed by atoms with van der Waals surface area (Å²) >= 11 is 0. The highest BCUT2D eigenvalue weighted by Gasteiger charge is 2.40. The maximum Gasteiger partial charge on any atom is 0.0252 e. The first-order chi connectivity index (χ1) is 8.75. The maximum atomic E-state index is 3.75. The topological polar surface area (TPSA) is 15.3 Å². The van der Waals surface area contributed by atoms with Gasteiger partial charge in [0.1, 0.15) is 0 Å². The molecule has 1 N–H and O–H groups in total. The molecule has 1 aliphatic carbocycles. The van der Waals surface area contributed by atoms with Crippen molar-refractivity contribution in [2.75, 3.05) is 13.1 Å². The summed E-state index contributed by atoms with van der Waals surface area (Å²) < 4.78 is 0. The van der Waals surface area contributed by atoms with Gasteiger partial charge < -0.3 is 5.32 Å². The molecule has 0 aromatic heterocycles. The highest BCUT2D eigenvalue weighted by Crippen LogP contribution is 2.37. The molecule has 2 saturated heterocycles. The number of likely N-dealkylation sites (tertiary alicyclic amines) is 1. The molecule has 2 heterocycles. The van der Waals surface area contributed by atoms with Crippen molar-refractivity contribution in [1.82, 2.24) is 10.2 Å². The minimum atomic E-state index is 0.803. The first kappa shape index (κ1) is 12.9. The van der Waals surface area contributed by atoms with Crippen molar-refractivity contribution in [2.24, 2.45) is 11.8 Å². The second-order valence-electron chi connectivity index (χ2n) is 7.11. The molecule has 2 nitrogen and oxygen atoms in total. The Hall–Kier alpha value is -0.0800. The van der Waals surface area contributed by atoms with Gasteiger partial charge in [-0.05, 0) is 63.5 Å². The molecule has 1 saturated carbocycles. The SMILES string of the molecule is CC1CCC(C)C(N2CCCC2C2CCCN2)C1. The second-order valence-corrected chi connectivity index (χ2v) is 7.11. The van der Waals surface area contributed by atoms with Gasteiger partial charge in [0, 0.05) is 18.1 Å².